The Hall–Kier alpha value is -1.25. The van der Waals surface area contributed by atoms with Gasteiger partial charge in [0.05, 0.1) is 6.54 Å². The summed E-state index contributed by atoms with van der Waals surface area (Å²) < 4.78 is 1.80. The summed E-state index contributed by atoms with van der Waals surface area (Å²) in [4.78, 5) is 13.9. The quantitative estimate of drug-likeness (QED) is 0.619. The molecule has 0 spiro atoms. The van der Waals surface area contributed by atoms with Gasteiger partial charge in [-0.1, -0.05) is 0 Å². The minimum Gasteiger partial charge on any atom is -0.313 e. The third-order valence-corrected chi connectivity index (χ3v) is 2.71. The number of hydrogen-bond donors (Lipinski definition) is 0. The molecule has 0 aromatic carbocycles. The summed E-state index contributed by atoms with van der Waals surface area (Å²) in [5, 5.41) is 0. The van der Waals surface area contributed by atoms with Gasteiger partial charge < -0.3 is 4.90 Å². The van der Waals surface area contributed by atoms with Crippen LogP contribution in [0.15, 0.2) is 12.1 Å². The Morgan fingerprint density at radius 2 is 1.93 bits per heavy atom. The van der Waals surface area contributed by atoms with Gasteiger partial charge in [-0.15, -0.1) is 0 Å². The van der Waals surface area contributed by atoms with Gasteiger partial charge in [-0.3, -0.25) is 4.57 Å². The van der Waals surface area contributed by atoms with Gasteiger partial charge in [-0.25, -0.2) is 4.79 Å². The molecule has 3 nitrogen and oxygen atoms in total. The fourth-order valence-electron chi connectivity index (χ4n) is 1.86. The van der Waals surface area contributed by atoms with Gasteiger partial charge in [-0.05, 0) is 39.8 Å². The summed E-state index contributed by atoms with van der Waals surface area (Å²) in [7, 11) is 0. The predicted octanol–water partition coefficient (Wildman–Crippen LogP) is 2.38. The van der Waals surface area contributed by atoms with Gasteiger partial charge in [0.1, 0.15) is 0 Å². The van der Waals surface area contributed by atoms with Crippen LogP contribution in [0.25, 0.3) is 0 Å². The zero-order valence-corrected chi connectivity index (χ0v) is 9.16. The summed E-state index contributed by atoms with van der Waals surface area (Å²) in [6.07, 6.45) is 0. The second-order valence-electron chi connectivity index (χ2n) is 4.84. The fraction of sp³-hybridized carbons (Fsp3) is 0.545. The first kappa shape index (κ1) is 9.31. The zero-order valence-electron chi connectivity index (χ0n) is 9.16. The van der Waals surface area contributed by atoms with Crippen molar-refractivity contribution in [2.24, 2.45) is 0 Å². The summed E-state index contributed by atoms with van der Waals surface area (Å²) in [5.74, 6) is 0. The number of fused-ring (bicyclic) bond motifs is 1. The van der Waals surface area contributed by atoms with E-state index < -0.39 is 0 Å². The molecule has 1 aliphatic heterocycles. The zero-order chi connectivity index (χ0) is 10.5. The Bertz CT molecular complexity index is 384. The molecule has 1 aromatic rings. The molecule has 0 unspecified atom stereocenters. The lowest BCUT2D eigenvalue weighted by atomic mass is 10.1. The third-order valence-electron chi connectivity index (χ3n) is 2.71. The summed E-state index contributed by atoms with van der Waals surface area (Å²) in [6.45, 7) is 8.88. The molecule has 0 fully saturated rings. The molecule has 0 saturated heterocycles. The molecule has 2 rings (SSSR count). The average molecular weight is 192 g/mol. The molecule has 0 atom stereocenters. The maximum atomic E-state index is 12.0. The van der Waals surface area contributed by atoms with Gasteiger partial charge >= 0.3 is 6.03 Å². The Labute approximate surface area is 84.3 Å². The van der Waals surface area contributed by atoms with E-state index in [-0.39, 0.29) is 11.6 Å². The van der Waals surface area contributed by atoms with Crippen LogP contribution in [0.2, 0.25) is 0 Å². The summed E-state index contributed by atoms with van der Waals surface area (Å²) in [6, 6.07) is 4.13. The van der Waals surface area contributed by atoms with E-state index in [0.29, 0.717) is 0 Å². The molecular formula is C11H16N2O. The molecule has 0 bridgehead atoms. The molecule has 0 aliphatic carbocycles. The van der Waals surface area contributed by atoms with Crippen molar-refractivity contribution >= 4 is 6.03 Å². The van der Waals surface area contributed by atoms with E-state index >= 15 is 0 Å². The van der Waals surface area contributed by atoms with Crippen LogP contribution in [0.4, 0.5) is 4.79 Å². The van der Waals surface area contributed by atoms with Crippen LogP contribution in [0.1, 0.15) is 32.2 Å². The molecule has 1 aliphatic rings. The highest BCUT2D eigenvalue weighted by molar-refractivity contribution is 5.82. The minimum absolute atomic E-state index is 0.0947. The number of aromatic nitrogens is 1. The first-order valence-corrected chi connectivity index (χ1v) is 4.90. The normalized spacial score (nSPS) is 16.3. The van der Waals surface area contributed by atoms with E-state index in [2.05, 4.69) is 20.8 Å². The van der Waals surface area contributed by atoms with Crippen molar-refractivity contribution in [1.82, 2.24) is 9.47 Å². The maximum absolute atomic E-state index is 12.0. The van der Waals surface area contributed by atoms with E-state index in [1.807, 2.05) is 24.0 Å². The second-order valence-corrected chi connectivity index (χ2v) is 4.84. The molecule has 76 valence electrons. The number of amides is 1. The molecule has 0 radical (unpaired) electrons. The smallest absolute Gasteiger partial charge is 0.313 e. The number of nitrogens with zero attached hydrogens (tertiary/aromatic N) is 2. The first-order valence-electron chi connectivity index (χ1n) is 4.90. The Morgan fingerprint density at radius 3 is 2.43 bits per heavy atom. The molecule has 14 heavy (non-hydrogen) atoms. The number of rotatable bonds is 0. The highest BCUT2D eigenvalue weighted by atomic mass is 16.2. The van der Waals surface area contributed by atoms with Crippen LogP contribution in [-0.2, 0) is 6.54 Å². The number of hydrogen-bond acceptors (Lipinski definition) is 1. The molecular weight excluding hydrogens is 176 g/mol. The van der Waals surface area contributed by atoms with Crippen molar-refractivity contribution < 1.29 is 4.79 Å². The lowest BCUT2D eigenvalue weighted by Gasteiger charge is -2.30. The first-order chi connectivity index (χ1) is 6.41. The molecule has 0 N–H and O–H groups in total. The Morgan fingerprint density at radius 1 is 1.29 bits per heavy atom. The van der Waals surface area contributed by atoms with Crippen LogP contribution in [-0.4, -0.2) is 21.0 Å². The lowest BCUT2D eigenvalue weighted by Crippen LogP contribution is -2.42. The fourth-order valence-corrected chi connectivity index (χ4v) is 1.86. The van der Waals surface area contributed by atoms with E-state index in [0.717, 1.165) is 17.9 Å². The molecule has 1 aromatic heterocycles. The van der Waals surface area contributed by atoms with Gasteiger partial charge in [0.15, 0.2) is 0 Å². The van der Waals surface area contributed by atoms with Crippen molar-refractivity contribution in [2.45, 2.75) is 39.8 Å². The third kappa shape index (κ3) is 1.15. The van der Waals surface area contributed by atoms with Crippen molar-refractivity contribution in [3.8, 4) is 0 Å². The van der Waals surface area contributed by atoms with Crippen molar-refractivity contribution in [3.63, 3.8) is 0 Å². The van der Waals surface area contributed by atoms with Crippen LogP contribution >= 0.6 is 0 Å². The molecule has 0 saturated carbocycles. The molecule has 3 heteroatoms. The monoisotopic (exact) mass is 192 g/mol. The highest BCUT2D eigenvalue weighted by Gasteiger charge is 2.34. The average Bonchev–Trinajstić information content (AvgIpc) is 2.53. The van der Waals surface area contributed by atoms with Gasteiger partial charge in [0.25, 0.3) is 0 Å². The standard InChI is InChI=1S/C11H16N2O/c1-8-5-6-9-7-12(11(2,3)4)10(14)13(8)9/h5-6H,7H2,1-4H3. The Balaban J connectivity index is 2.41. The highest BCUT2D eigenvalue weighted by Crippen LogP contribution is 2.26. The maximum Gasteiger partial charge on any atom is 0.329 e. The van der Waals surface area contributed by atoms with Crippen LogP contribution in [0.5, 0.6) is 0 Å². The summed E-state index contributed by atoms with van der Waals surface area (Å²) in [5.41, 5.74) is 2.03. The molecule has 2 heterocycles. The SMILES string of the molecule is Cc1ccc2n1C(=O)N(C(C)(C)C)C2. The lowest BCUT2D eigenvalue weighted by molar-refractivity contribution is 0.156. The number of carbonyl (C=O) groups is 1. The van der Waals surface area contributed by atoms with Gasteiger partial charge in [0, 0.05) is 16.9 Å². The van der Waals surface area contributed by atoms with Crippen molar-refractivity contribution in [1.29, 1.82) is 0 Å². The Kier molecular flexibility index (Phi) is 1.74. The summed E-state index contributed by atoms with van der Waals surface area (Å²) >= 11 is 0. The minimum atomic E-state index is -0.0947. The van der Waals surface area contributed by atoms with Crippen LogP contribution in [0, 0.1) is 6.92 Å². The number of carbonyl (C=O) groups excluding carboxylic acids is 1. The van der Waals surface area contributed by atoms with E-state index in [1.165, 1.54) is 0 Å². The second kappa shape index (κ2) is 2.62. The van der Waals surface area contributed by atoms with Crippen molar-refractivity contribution in [2.75, 3.05) is 0 Å². The number of aryl methyl sites for hydroxylation is 1. The van der Waals surface area contributed by atoms with E-state index in [1.54, 1.807) is 4.57 Å². The molecule has 1 amide bonds. The van der Waals surface area contributed by atoms with Gasteiger partial charge in [-0.2, -0.15) is 0 Å². The van der Waals surface area contributed by atoms with Crippen molar-refractivity contribution in [3.05, 3.63) is 23.5 Å². The van der Waals surface area contributed by atoms with Gasteiger partial charge in [0.2, 0.25) is 0 Å². The van der Waals surface area contributed by atoms with Crippen LogP contribution in [0.3, 0.4) is 0 Å². The largest absolute Gasteiger partial charge is 0.329 e. The van der Waals surface area contributed by atoms with E-state index in [9.17, 15) is 4.79 Å². The predicted molar refractivity (Wildman–Crippen MR) is 55.3 cm³/mol. The topological polar surface area (TPSA) is 25.2 Å². The van der Waals surface area contributed by atoms with Crippen LogP contribution < -0.4 is 0 Å². The van der Waals surface area contributed by atoms with E-state index in [4.69, 9.17) is 0 Å².